The Bertz CT molecular complexity index is 604. The third kappa shape index (κ3) is 3.66. The van der Waals surface area contributed by atoms with Crippen LogP contribution in [-0.2, 0) is 0 Å². The Morgan fingerprint density at radius 3 is 2.85 bits per heavy atom. The van der Waals surface area contributed by atoms with Crippen molar-refractivity contribution in [2.75, 3.05) is 17.2 Å². The van der Waals surface area contributed by atoms with Crippen molar-refractivity contribution in [3.63, 3.8) is 0 Å². The summed E-state index contributed by atoms with van der Waals surface area (Å²) in [5.74, 6) is 0.803. The number of nitrogens with zero attached hydrogens (tertiary/aromatic N) is 2. The molecule has 1 heterocycles. The van der Waals surface area contributed by atoms with Gasteiger partial charge in [0, 0.05) is 22.8 Å². The van der Waals surface area contributed by atoms with E-state index in [0.29, 0.717) is 21.9 Å². The number of hydrogen-bond acceptors (Lipinski definition) is 4. The van der Waals surface area contributed by atoms with Gasteiger partial charge in [0.25, 0.3) is 0 Å². The van der Waals surface area contributed by atoms with Gasteiger partial charge in [0.15, 0.2) is 0 Å². The second kappa shape index (κ2) is 6.65. The SMILES string of the molecule is CCCNc1ncc(C)c(Nc2ccc(Br)cc2F)n1. The monoisotopic (exact) mass is 338 g/mol. The van der Waals surface area contributed by atoms with E-state index in [-0.39, 0.29) is 5.82 Å². The average molecular weight is 339 g/mol. The highest BCUT2D eigenvalue weighted by molar-refractivity contribution is 9.10. The second-order valence-corrected chi connectivity index (χ2v) is 5.32. The van der Waals surface area contributed by atoms with Gasteiger partial charge in [0.05, 0.1) is 5.69 Å². The van der Waals surface area contributed by atoms with Crippen molar-refractivity contribution in [1.82, 2.24) is 9.97 Å². The molecule has 0 spiro atoms. The molecule has 0 atom stereocenters. The van der Waals surface area contributed by atoms with Gasteiger partial charge < -0.3 is 10.6 Å². The summed E-state index contributed by atoms with van der Waals surface area (Å²) >= 11 is 3.23. The first-order valence-electron chi connectivity index (χ1n) is 6.39. The number of aromatic nitrogens is 2. The van der Waals surface area contributed by atoms with E-state index in [0.717, 1.165) is 18.5 Å². The fourth-order valence-corrected chi connectivity index (χ4v) is 1.94. The van der Waals surface area contributed by atoms with Crippen LogP contribution in [0.4, 0.5) is 21.8 Å². The number of nitrogens with one attached hydrogen (secondary N) is 2. The lowest BCUT2D eigenvalue weighted by atomic mass is 10.3. The molecule has 2 N–H and O–H groups in total. The summed E-state index contributed by atoms with van der Waals surface area (Å²) in [6.07, 6.45) is 2.70. The van der Waals surface area contributed by atoms with Gasteiger partial charge in [0.1, 0.15) is 11.6 Å². The Morgan fingerprint density at radius 2 is 2.15 bits per heavy atom. The van der Waals surface area contributed by atoms with E-state index in [4.69, 9.17) is 0 Å². The first-order chi connectivity index (χ1) is 9.60. The molecule has 0 radical (unpaired) electrons. The van der Waals surface area contributed by atoms with E-state index in [1.807, 2.05) is 6.92 Å². The third-order valence-electron chi connectivity index (χ3n) is 2.69. The molecule has 0 bridgehead atoms. The minimum absolute atomic E-state index is 0.333. The van der Waals surface area contributed by atoms with Crippen molar-refractivity contribution < 1.29 is 4.39 Å². The molecule has 1 aromatic heterocycles. The zero-order valence-electron chi connectivity index (χ0n) is 11.4. The van der Waals surface area contributed by atoms with Crippen LogP contribution in [0.2, 0.25) is 0 Å². The van der Waals surface area contributed by atoms with Crippen molar-refractivity contribution in [3.05, 3.63) is 40.2 Å². The normalized spacial score (nSPS) is 10.4. The molecule has 0 aliphatic rings. The number of rotatable bonds is 5. The Balaban J connectivity index is 2.23. The highest BCUT2D eigenvalue weighted by Gasteiger charge is 2.07. The molecule has 0 saturated heterocycles. The summed E-state index contributed by atoms with van der Waals surface area (Å²) < 4.78 is 14.5. The molecule has 6 heteroatoms. The molecular formula is C14H16BrFN4. The van der Waals surface area contributed by atoms with E-state index in [1.54, 1.807) is 18.3 Å². The van der Waals surface area contributed by atoms with E-state index in [2.05, 4.69) is 43.5 Å². The van der Waals surface area contributed by atoms with Crippen LogP contribution < -0.4 is 10.6 Å². The van der Waals surface area contributed by atoms with Gasteiger partial charge in [-0.3, -0.25) is 0 Å². The number of anilines is 3. The first-order valence-corrected chi connectivity index (χ1v) is 7.19. The topological polar surface area (TPSA) is 49.8 Å². The Kier molecular flexibility index (Phi) is 4.89. The number of benzene rings is 1. The van der Waals surface area contributed by atoms with Crippen LogP contribution >= 0.6 is 15.9 Å². The standard InChI is InChI=1S/C14H16BrFN4/c1-3-6-17-14-18-8-9(2)13(20-14)19-12-5-4-10(15)7-11(12)16/h4-5,7-8H,3,6H2,1-2H3,(H2,17,18,19,20). The van der Waals surface area contributed by atoms with Crippen molar-refractivity contribution in [2.24, 2.45) is 0 Å². The summed E-state index contributed by atoms with van der Waals surface area (Å²) in [7, 11) is 0. The number of hydrogen-bond donors (Lipinski definition) is 2. The molecule has 2 rings (SSSR count). The quantitative estimate of drug-likeness (QED) is 0.855. The Hall–Kier alpha value is -1.69. The van der Waals surface area contributed by atoms with Crippen LogP contribution in [0.25, 0.3) is 0 Å². The first kappa shape index (κ1) is 14.7. The van der Waals surface area contributed by atoms with Gasteiger partial charge in [-0.1, -0.05) is 22.9 Å². The number of halogens is 2. The van der Waals surface area contributed by atoms with E-state index in [9.17, 15) is 4.39 Å². The lowest BCUT2D eigenvalue weighted by molar-refractivity contribution is 0.631. The molecule has 0 aliphatic carbocycles. The van der Waals surface area contributed by atoms with Gasteiger partial charge in [-0.25, -0.2) is 9.37 Å². The molecule has 106 valence electrons. The van der Waals surface area contributed by atoms with Gasteiger partial charge in [-0.2, -0.15) is 4.98 Å². The minimum atomic E-state index is -0.333. The molecule has 0 amide bonds. The molecule has 4 nitrogen and oxygen atoms in total. The van der Waals surface area contributed by atoms with Crippen LogP contribution in [0.15, 0.2) is 28.9 Å². The van der Waals surface area contributed by atoms with E-state index in [1.165, 1.54) is 6.07 Å². The smallest absolute Gasteiger partial charge is 0.224 e. The van der Waals surface area contributed by atoms with Gasteiger partial charge in [-0.05, 0) is 31.5 Å². The summed E-state index contributed by atoms with van der Waals surface area (Å²) in [5, 5.41) is 6.11. The Labute approximate surface area is 126 Å². The Morgan fingerprint density at radius 1 is 1.35 bits per heavy atom. The van der Waals surface area contributed by atoms with Gasteiger partial charge in [0.2, 0.25) is 5.95 Å². The van der Waals surface area contributed by atoms with Crippen LogP contribution in [0.5, 0.6) is 0 Å². The molecule has 2 aromatic rings. The minimum Gasteiger partial charge on any atom is -0.354 e. The van der Waals surface area contributed by atoms with Crippen LogP contribution in [0.1, 0.15) is 18.9 Å². The molecule has 0 saturated carbocycles. The summed E-state index contributed by atoms with van der Waals surface area (Å²) in [4.78, 5) is 8.55. The average Bonchev–Trinajstić information content (AvgIpc) is 2.42. The zero-order chi connectivity index (χ0) is 14.5. The van der Waals surface area contributed by atoms with Crippen LogP contribution in [0, 0.1) is 12.7 Å². The molecule has 20 heavy (non-hydrogen) atoms. The summed E-state index contributed by atoms with van der Waals surface area (Å²) in [6.45, 7) is 4.75. The number of aryl methyl sites for hydroxylation is 1. The maximum absolute atomic E-state index is 13.8. The summed E-state index contributed by atoms with van der Waals surface area (Å²) in [6, 6.07) is 4.85. The van der Waals surface area contributed by atoms with Crippen LogP contribution in [-0.4, -0.2) is 16.5 Å². The van der Waals surface area contributed by atoms with Crippen molar-refractivity contribution in [3.8, 4) is 0 Å². The maximum atomic E-state index is 13.8. The molecule has 0 fully saturated rings. The lowest BCUT2D eigenvalue weighted by Crippen LogP contribution is -2.07. The predicted octanol–water partition coefficient (Wildman–Crippen LogP) is 4.25. The maximum Gasteiger partial charge on any atom is 0.224 e. The highest BCUT2D eigenvalue weighted by atomic mass is 79.9. The fraction of sp³-hybridized carbons (Fsp3) is 0.286. The predicted molar refractivity (Wildman–Crippen MR) is 82.9 cm³/mol. The van der Waals surface area contributed by atoms with Crippen molar-refractivity contribution >= 4 is 33.4 Å². The van der Waals surface area contributed by atoms with Crippen LogP contribution in [0.3, 0.4) is 0 Å². The molecule has 1 aromatic carbocycles. The second-order valence-electron chi connectivity index (χ2n) is 4.40. The molecule has 0 aliphatic heterocycles. The highest BCUT2D eigenvalue weighted by Crippen LogP contribution is 2.24. The third-order valence-corrected chi connectivity index (χ3v) is 3.18. The van der Waals surface area contributed by atoms with Gasteiger partial charge >= 0.3 is 0 Å². The molecular weight excluding hydrogens is 323 g/mol. The summed E-state index contributed by atoms with van der Waals surface area (Å²) in [5.41, 5.74) is 1.24. The van der Waals surface area contributed by atoms with E-state index >= 15 is 0 Å². The van der Waals surface area contributed by atoms with E-state index < -0.39 is 0 Å². The van der Waals surface area contributed by atoms with Crippen molar-refractivity contribution in [1.29, 1.82) is 0 Å². The lowest BCUT2D eigenvalue weighted by Gasteiger charge is -2.11. The van der Waals surface area contributed by atoms with Crippen molar-refractivity contribution in [2.45, 2.75) is 20.3 Å². The zero-order valence-corrected chi connectivity index (χ0v) is 13.0. The molecule has 0 unspecified atom stereocenters. The largest absolute Gasteiger partial charge is 0.354 e. The van der Waals surface area contributed by atoms with Gasteiger partial charge in [-0.15, -0.1) is 0 Å². The fourth-order valence-electron chi connectivity index (χ4n) is 1.61.